The summed E-state index contributed by atoms with van der Waals surface area (Å²) in [6, 6.07) is 15.4. The van der Waals surface area contributed by atoms with Crippen molar-refractivity contribution >= 4 is 28.1 Å². The molecule has 35 heavy (non-hydrogen) atoms. The molecule has 0 unspecified atom stereocenters. The molecule has 3 aromatic rings. The van der Waals surface area contributed by atoms with Crippen LogP contribution in [0.15, 0.2) is 47.8 Å². The molecule has 0 saturated carbocycles. The van der Waals surface area contributed by atoms with E-state index in [0.717, 1.165) is 41.3 Å². The van der Waals surface area contributed by atoms with Gasteiger partial charge in [0.05, 0.1) is 0 Å². The molecule has 0 radical (unpaired) electrons. The van der Waals surface area contributed by atoms with Gasteiger partial charge in [0.25, 0.3) is 0 Å². The summed E-state index contributed by atoms with van der Waals surface area (Å²) in [5.74, 6) is -0.988. The van der Waals surface area contributed by atoms with Crippen LogP contribution in [0.1, 0.15) is 41.4 Å². The Hall–Kier alpha value is -2.74. The highest BCUT2D eigenvalue weighted by atomic mass is 32.1. The molecule has 2 aromatic carbocycles. The monoisotopic (exact) mass is 492 g/mol. The van der Waals surface area contributed by atoms with E-state index < -0.39 is 5.97 Å². The summed E-state index contributed by atoms with van der Waals surface area (Å²) in [7, 11) is 2.20. The fraction of sp³-hybridized carbons (Fsp3) is 0.429. The Bertz CT molecular complexity index is 1120. The van der Waals surface area contributed by atoms with Gasteiger partial charge in [-0.1, -0.05) is 43.3 Å². The number of carboxylic acid groups (broad SMARTS) is 1. The van der Waals surface area contributed by atoms with Crippen molar-refractivity contribution in [2.75, 3.05) is 51.2 Å². The predicted molar refractivity (Wildman–Crippen MR) is 145 cm³/mol. The van der Waals surface area contributed by atoms with Gasteiger partial charge in [0.1, 0.15) is 0 Å². The number of carboxylic acids is 1. The predicted octanol–water partition coefficient (Wildman–Crippen LogP) is 5.54. The SMILES string of the molecule is CCCN(c1nc(C(=O)O)cs1)c1cc(-c2ccc(CCCN3CCN(C)CC3)cc2)ccc1C. The maximum atomic E-state index is 11.3. The van der Waals surface area contributed by atoms with Crippen molar-refractivity contribution in [2.45, 2.75) is 33.1 Å². The Morgan fingerprint density at radius 2 is 1.80 bits per heavy atom. The lowest BCUT2D eigenvalue weighted by Gasteiger charge is -2.32. The molecule has 1 saturated heterocycles. The van der Waals surface area contributed by atoms with Crippen LogP contribution in [-0.4, -0.2) is 72.2 Å². The zero-order valence-electron chi connectivity index (χ0n) is 21.0. The van der Waals surface area contributed by atoms with Crippen LogP contribution >= 0.6 is 11.3 Å². The Labute approximate surface area is 212 Å². The van der Waals surface area contributed by atoms with Crippen LogP contribution in [0.25, 0.3) is 11.1 Å². The van der Waals surface area contributed by atoms with Crippen molar-refractivity contribution in [3.63, 3.8) is 0 Å². The molecule has 4 rings (SSSR count). The number of rotatable bonds is 10. The van der Waals surface area contributed by atoms with E-state index >= 15 is 0 Å². The van der Waals surface area contributed by atoms with Crippen LogP contribution in [0.3, 0.4) is 0 Å². The number of aryl methyl sites for hydroxylation is 2. The average molecular weight is 493 g/mol. The summed E-state index contributed by atoms with van der Waals surface area (Å²) in [6.07, 6.45) is 3.23. The van der Waals surface area contributed by atoms with Gasteiger partial charge in [-0.3, -0.25) is 0 Å². The Kier molecular flexibility index (Phi) is 8.55. The molecule has 0 atom stereocenters. The highest BCUT2D eigenvalue weighted by molar-refractivity contribution is 7.14. The van der Waals surface area contributed by atoms with Gasteiger partial charge in [-0.25, -0.2) is 9.78 Å². The van der Waals surface area contributed by atoms with E-state index in [1.807, 2.05) is 0 Å². The van der Waals surface area contributed by atoms with Crippen molar-refractivity contribution in [2.24, 2.45) is 0 Å². The number of carbonyl (C=O) groups is 1. The summed E-state index contributed by atoms with van der Waals surface area (Å²) >= 11 is 1.38. The van der Waals surface area contributed by atoms with Crippen molar-refractivity contribution in [1.82, 2.24) is 14.8 Å². The summed E-state index contributed by atoms with van der Waals surface area (Å²) in [5, 5.41) is 11.6. The van der Waals surface area contributed by atoms with Crippen LogP contribution in [0.2, 0.25) is 0 Å². The van der Waals surface area contributed by atoms with Gasteiger partial charge in [0.2, 0.25) is 0 Å². The first-order valence-electron chi connectivity index (χ1n) is 12.5. The molecule has 186 valence electrons. The number of likely N-dealkylation sites (N-methyl/N-ethyl adjacent to an activating group) is 1. The largest absolute Gasteiger partial charge is 0.476 e. The van der Waals surface area contributed by atoms with E-state index in [9.17, 15) is 9.90 Å². The molecular weight excluding hydrogens is 456 g/mol. The lowest BCUT2D eigenvalue weighted by atomic mass is 9.99. The van der Waals surface area contributed by atoms with Gasteiger partial charge >= 0.3 is 5.97 Å². The van der Waals surface area contributed by atoms with E-state index in [4.69, 9.17) is 0 Å². The number of aromatic nitrogens is 1. The second-order valence-electron chi connectivity index (χ2n) is 9.42. The number of nitrogens with zero attached hydrogens (tertiary/aromatic N) is 4. The molecule has 2 heterocycles. The molecule has 7 heteroatoms. The third-order valence-electron chi connectivity index (χ3n) is 6.71. The van der Waals surface area contributed by atoms with E-state index in [1.54, 1.807) is 5.38 Å². The van der Waals surface area contributed by atoms with Crippen molar-refractivity contribution < 1.29 is 9.90 Å². The molecule has 1 aliphatic rings. The maximum Gasteiger partial charge on any atom is 0.355 e. The smallest absolute Gasteiger partial charge is 0.355 e. The lowest BCUT2D eigenvalue weighted by molar-refractivity contribution is 0.0691. The molecule has 1 aliphatic heterocycles. The Morgan fingerprint density at radius 1 is 1.09 bits per heavy atom. The van der Waals surface area contributed by atoms with Gasteiger partial charge in [0, 0.05) is 43.8 Å². The van der Waals surface area contributed by atoms with Crippen LogP contribution < -0.4 is 4.90 Å². The average Bonchev–Trinajstić information content (AvgIpc) is 3.35. The van der Waals surface area contributed by atoms with Gasteiger partial charge in [-0.05, 0) is 68.1 Å². The molecule has 0 amide bonds. The number of anilines is 2. The maximum absolute atomic E-state index is 11.3. The van der Waals surface area contributed by atoms with E-state index in [-0.39, 0.29) is 5.69 Å². The minimum Gasteiger partial charge on any atom is -0.476 e. The number of aromatic carboxylic acids is 1. The molecule has 1 N–H and O–H groups in total. The standard InChI is InChI=1S/C28H36N4O2S/c1-4-13-32(28-29-25(20-35-28)27(33)34)26-19-24(10-7-21(26)2)23-11-8-22(9-12-23)6-5-14-31-17-15-30(3)16-18-31/h7-12,19-20H,4-6,13-18H2,1-3H3,(H,33,34). The molecule has 1 fully saturated rings. The topological polar surface area (TPSA) is 59.9 Å². The number of piperazine rings is 1. The third kappa shape index (κ3) is 6.48. The van der Waals surface area contributed by atoms with Gasteiger partial charge < -0.3 is 19.8 Å². The fourth-order valence-corrected chi connectivity index (χ4v) is 5.39. The highest BCUT2D eigenvalue weighted by Gasteiger charge is 2.18. The van der Waals surface area contributed by atoms with Gasteiger partial charge in [-0.15, -0.1) is 11.3 Å². The van der Waals surface area contributed by atoms with Gasteiger partial charge in [0.15, 0.2) is 10.8 Å². The molecule has 1 aromatic heterocycles. The van der Waals surface area contributed by atoms with Crippen molar-refractivity contribution in [3.05, 3.63) is 64.7 Å². The van der Waals surface area contributed by atoms with Crippen molar-refractivity contribution in [1.29, 1.82) is 0 Å². The quantitative estimate of drug-likeness (QED) is 0.401. The first-order valence-corrected chi connectivity index (χ1v) is 13.4. The highest BCUT2D eigenvalue weighted by Crippen LogP contribution is 2.34. The Morgan fingerprint density at radius 3 is 2.46 bits per heavy atom. The molecule has 0 aliphatic carbocycles. The summed E-state index contributed by atoms with van der Waals surface area (Å²) < 4.78 is 0. The summed E-state index contributed by atoms with van der Waals surface area (Å²) in [5.41, 5.74) is 6.05. The number of hydrogen-bond donors (Lipinski definition) is 1. The molecule has 6 nitrogen and oxygen atoms in total. The third-order valence-corrected chi connectivity index (χ3v) is 7.58. The normalized spacial score (nSPS) is 14.8. The minimum absolute atomic E-state index is 0.100. The van der Waals surface area contributed by atoms with Crippen LogP contribution in [0, 0.1) is 6.92 Å². The summed E-state index contributed by atoms with van der Waals surface area (Å²) in [6.45, 7) is 10.9. The molecule has 0 bridgehead atoms. The number of thiazole rings is 1. The Balaban J connectivity index is 1.45. The van der Waals surface area contributed by atoms with Crippen LogP contribution in [0.5, 0.6) is 0 Å². The van der Waals surface area contributed by atoms with E-state index in [2.05, 4.69) is 83.0 Å². The zero-order valence-corrected chi connectivity index (χ0v) is 21.9. The second kappa shape index (κ2) is 11.8. The first kappa shape index (κ1) is 25.4. The summed E-state index contributed by atoms with van der Waals surface area (Å²) in [4.78, 5) is 22.8. The van der Waals surface area contributed by atoms with Crippen LogP contribution in [0.4, 0.5) is 10.8 Å². The van der Waals surface area contributed by atoms with Crippen LogP contribution in [-0.2, 0) is 6.42 Å². The number of hydrogen-bond acceptors (Lipinski definition) is 6. The molecular formula is C28H36N4O2S. The van der Waals surface area contributed by atoms with Gasteiger partial charge in [-0.2, -0.15) is 0 Å². The fourth-order valence-electron chi connectivity index (χ4n) is 4.55. The first-order chi connectivity index (χ1) is 16.9. The lowest BCUT2D eigenvalue weighted by Crippen LogP contribution is -2.44. The van der Waals surface area contributed by atoms with E-state index in [1.165, 1.54) is 61.6 Å². The van der Waals surface area contributed by atoms with E-state index in [0.29, 0.717) is 0 Å². The minimum atomic E-state index is -0.988. The zero-order chi connectivity index (χ0) is 24.8. The number of benzene rings is 2. The van der Waals surface area contributed by atoms with Crippen molar-refractivity contribution in [3.8, 4) is 11.1 Å². The second-order valence-corrected chi connectivity index (χ2v) is 10.3. The molecule has 0 spiro atoms.